The van der Waals surface area contributed by atoms with Gasteiger partial charge in [0.15, 0.2) is 0 Å². The normalized spacial score (nSPS) is 21.0. The van der Waals surface area contributed by atoms with E-state index >= 15 is 0 Å². The van der Waals surface area contributed by atoms with Gasteiger partial charge in [-0.3, -0.25) is 24.0 Å². The third kappa shape index (κ3) is 37.6. The monoisotopic (exact) mass is 1270 g/mol. The number of esters is 4. The van der Waals surface area contributed by atoms with Crippen molar-refractivity contribution in [1.82, 2.24) is 21.3 Å². The molecule has 6 heterocycles. The van der Waals surface area contributed by atoms with Gasteiger partial charge in [0.25, 0.3) is 0 Å². The quantitative estimate of drug-likeness (QED) is 0.0155. The molecule has 0 aromatic rings. The Bertz CT molecular complexity index is 1740. The summed E-state index contributed by atoms with van der Waals surface area (Å²) in [6, 6.07) is -6.24. The number of amides is 4. The lowest BCUT2D eigenvalue weighted by Crippen LogP contribution is -2.33. The van der Waals surface area contributed by atoms with Gasteiger partial charge in [-0.25, -0.2) is 38.4 Å². The maximum Gasteiger partial charge on any atom is 0.415 e. The third-order valence-electron chi connectivity index (χ3n) is 8.84. The highest BCUT2D eigenvalue weighted by Crippen LogP contribution is 2.25. The number of alkyl carbamates (subject to hydrolysis) is 4. The van der Waals surface area contributed by atoms with Crippen molar-refractivity contribution in [3.8, 4) is 0 Å². The van der Waals surface area contributed by atoms with Crippen molar-refractivity contribution < 1.29 is 111 Å². The number of carboxylic acids is 4. The molecule has 444 valence electrons. The Morgan fingerprint density at radius 1 is 0.462 bits per heavy atom. The first-order valence-corrected chi connectivity index (χ1v) is 30.5. The second kappa shape index (κ2) is 43.5. The van der Waals surface area contributed by atoms with Crippen molar-refractivity contribution in [1.29, 1.82) is 0 Å². The molecule has 31 nitrogen and oxygen atoms in total. The minimum Gasteiger partial charge on any atom is -0.480 e. The van der Waals surface area contributed by atoms with E-state index < -0.39 is 125 Å². The Labute approximate surface area is 478 Å². The number of nitrogens with one attached hydrogen (secondary N) is 4. The minimum absolute atomic E-state index is 0.229. The molecule has 0 saturated carbocycles. The molecule has 0 radical (unpaired) electrons. The fraction of sp³-hybridized carbons (Fsp3) is 0.667. The number of carbonyl (C=O) groups is 13. The SMILES string of the molecule is C1CCOC1.C1CCOC1.N[C@@H](CCSC[C@H](N)C(=O)O)C(=O)O.N[C@@H](CSSC[C@H](N)C(=O)O)C(=O)O.O=C(Cl)Cl.O=C1N[C@@H](CCSC[C@@H]2NC(=O)OC2=O)C(=O)O1.O=C1N[C@@H](CSSC[C@@H]2NC(=O)OC2=O)C(=O)O1. The topological polar surface area (TPSA) is 510 Å². The van der Waals surface area contributed by atoms with Gasteiger partial charge < -0.3 is 93.0 Å². The molecule has 0 unspecified atom stereocenters. The van der Waals surface area contributed by atoms with Crippen molar-refractivity contribution in [2.75, 3.05) is 72.5 Å². The zero-order chi connectivity index (χ0) is 59.2. The van der Waals surface area contributed by atoms with Crippen LogP contribution in [0.15, 0.2) is 0 Å². The first-order chi connectivity index (χ1) is 36.7. The summed E-state index contributed by atoms with van der Waals surface area (Å²) in [6.45, 7) is 4.00. The maximum absolute atomic E-state index is 11.1. The van der Waals surface area contributed by atoms with Crippen LogP contribution in [-0.4, -0.2) is 218 Å². The highest BCUT2D eigenvalue weighted by molar-refractivity contribution is 8.77. The van der Waals surface area contributed by atoms with E-state index in [0.29, 0.717) is 41.6 Å². The number of carboxylic acid groups (broad SMARTS) is 4. The fourth-order valence-electron chi connectivity index (χ4n) is 4.75. The van der Waals surface area contributed by atoms with Crippen LogP contribution in [0.4, 0.5) is 24.0 Å². The Balaban J connectivity index is 0.000000937. The number of aliphatic carboxylic acids is 4. The Hall–Kier alpha value is -4.25. The maximum atomic E-state index is 11.1. The van der Waals surface area contributed by atoms with Crippen LogP contribution < -0.4 is 44.2 Å². The van der Waals surface area contributed by atoms with E-state index in [0.717, 1.165) is 26.4 Å². The number of halogens is 2. The molecule has 4 amide bonds. The van der Waals surface area contributed by atoms with Crippen molar-refractivity contribution >= 4 is 167 Å². The van der Waals surface area contributed by atoms with Crippen LogP contribution >= 0.6 is 89.9 Å². The summed E-state index contributed by atoms with van der Waals surface area (Å²) in [5.41, 5.74) is 20.9. The van der Waals surface area contributed by atoms with E-state index in [9.17, 15) is 57.5 Å². The van der Waals surface area contributed by atoms with Crippen molar-refractivity contribution in [3.63, 3.8) is 0 Å². The Kier molecular flexibility index (Phi) is 41.2. The number of thioether (sulfide) groups is 2. The number of rotatable bonds is 24. The van der Waals surface area contributed by atoms with Gasteiger partial charge in [-0.1, -0.05) is 43.2 Å². The van der Waals surface area contributed by atoms with Gasteiger partial charge in [0.2, 0.25) is 0 Å². The number of carbonyl (C=O) groups excluding carboxylic acids is 9. The zero-order valence-electron chi connectivity index (χ0n) is 40.9. The van der Waals surface area contributed by atoms with E-state index in [-0.39, 0.29) is 17.3 Å². The molecule has 0 aliphatic carbocycles. The van der Waals surface area contributed by atoms with Gasteiger partial charge >= 0.3 is 76.8 Å². The second-order valence-corrected chi connectivity index (χ2v) is 23.4. The molecule has 0 aromatic carbocycles. The number of nitrogens with two attached hydrogens (primary N) is 4. The highest BCUT2D eigenvalue weighted by atomic mass is 35.5. The van der Waals surface area contributed by atoms with Crippen LogP contribution in [0.3, 0.4) is 0 Å². The summed E-state index contributed by atoms with van der Waals surface area (Å²) in [5, 5.41) is 43.1. The smallest absolute Gasteiger partial charge is 0.415 e. The van der Waals surface area contributed by atoms with Crippen LogP contribution in [0.5, 0.6) is 0 Å². The van der Waals surface area contributed by atoms with Crippen LogP contribution in [0.1, 0.15) is 38.5 Å². The minimum atomic E-state index is -1.07. The lowest BCUT2D eigenvalue weighted by molar-refractivity contribution is -0.139. The summed E-state index contributed by atoms with van der Waals surface area (Å²) in [6.07, 6.45) is 2.86. The third-order valence-corrected chi connectivity index (χ3v) is 15.9. The van der Waals surface area contributed by atoms with Gasteiger partial charge in [-0.05, 0) is 73.2 Å². The number of hydrogen-bond acceptors (Lipinski definition) is 29. The van der Waals surface area contributed by atoms with Crippen molar-refractivity contribution in [2.24, 2.45) is 22.9 Å². The molecule has 0 aromatic heterocycles. The Morgan fingerprint density at radius 3 is 1.05 bits per heavy atom. The fourth-order valence-corrected chi connectivity index (χ4v) is 11.3. The second-order valence-electron chi connectivity index (χ2n) is 15.1. The first-order valence-electron chi connectivity index (χ1n) is 22.4. The lowest BCUT2D eigenvalue weighted by Gasteiger charge is -2.07. The lowest BCUT2D eigenvalue weighted by atomic mass is 10.2. The molecule has 0 spiro atoms. The predicted octanol–water partition coefficient (Wildman–Crippen LogP) is 0.320. The van der Waals surface area contributed by atoms with Crippen LogP contribution in [-0.2, 0) is 66.8 Å². The summed E-state index contributed by atoms with van der Waals surface area (Å²) >= 11 is 11.5. The molecular formula is C39H60Cl2N8O23S6. The van der Waals surface area contributed by atoms with Gasteiger partial charge in [0, 0.05) is 60.9 Å². The number of cyclic esters (lactones) is 8. The molecule has 78 heavy (non-hydrogen) atoms. The van der Waals surface area contributed by atoms with E-state index in [4.69, 9.17) is 57.6 Å². The van der Waals surface area contributed by atoms with E-state index in [2.05, 4.69) is 63.4 Å². The average molecular weight is 1270 g/mol. The summed E-state index contributed by atoms with van der Waals surface area (Å²) in [7, 11) is 4.98. The summed E-state index contributed by atoms with van der Waals surface area (Å²) in [4.78, 5) is 137. The van der Waals surface area contributed by atoms with E-state index in [1.165, 1.54) is 92.4 Å². The van der Waals surface area contributed by atoms with E-state index in [1.54, 1.807) is 0 Å². The van der Waals surface area contributed by atoms with Crippen molar-refractivity contribution in [2.45, 2.75) is 86.9 Å². The van der Waals surface area contributed by atoms with E-state index in [1.807, 2.05) is 0 Å². The average Bonchev–Trinajstić information content (AvgIpc) is 4.25. The molecule has 6 aliphatic rings. The van der Waals surface area contributed by atoms with Gasteiger partial charge in [-0.15, -0.1) is 0 Å². The predicted molar refractivity (Wildman–Crippen MR) is 287 cm³/mol. The molecule has 6 rings (SSSR count). The largest absolute Gasteiger partial charge is 0.480 e. The van der Waals surface area contributed by atoms with Gasteiger partial charge in [0.1, 0.15) is 48.3 Å². The summed E-state index contributed by atoms with van der Waals surface area (Å²) in [5.74, 6) is -3.88. The molecule has 16 N–H and O–H groups in total. The molecular weight excluding hydrogens is 1210 g/mol. The first kappa shape index (κ1) is 73.8. The summed E-state index contributed by atoms with van der Waals surface area (Å²) < 4.78 is 26.2. The van der Waals surface area contributed by atoms with Crippen LogP contribution in [0.2, 0.25) is 0 Å². The van der Waals surface area contributed by atoms with Gasteiger partial charge in [-0.2, -0.15) is 23.5 Å². The molecule has 39 heteroatoms. The van der Waals surface area contributed by atoms with Crippen molar-refractivity contribution in [3.05, 3.63) is 0 Å². The molecule has 8 atom stereocenters. The molecule has 6 fully saturated rings. The zero-order valence-corrected chi connectivity index (χ0v) is 47.3. The Morgan fingerprint density at radius 2 is 0.769 bits per heavy atom. The number of ether oxygens (including phenoxy) is 6. The van der Waals surface area contributed by atoms with Gasteiger partial charge in [0.05, 0.1) is 0 Å². The molecule has 6 aliphatic heterocycles. The molecule has 6 saturated heterocycles. The van der Waals surface area contributed by atoms with Crippen LogP contribution in [0, 0.1) is 0 Å². The highest BCUT2D eigenvalue weighted by Gasteiger charge is 2.36. The molecule has 0 bridgehead atoms. The number of hydrogen-bond donors (Lipinski definition) is 12. The van der Waals surface area contributed by atoms with Crippen LogP contribution in [0.25, 0.3) is 0 Å². The standard InChI is InChI=1S/C9H10N2O6S.C8H8N2O6S2.C7H14N2O4S.C6H12N2O4S2.2C4H8O.CCl2O/c12-6-4(10-8(14)16-6)1-2-18-3-5-7(13)17-9(15)11-5;11-5-3(9-7(13)15-5)1-17-18-2-4-6(12)16-8(14)10-4;8-4(6(10)11)1-2-14-3-5(9)7(12)13;7-3(5(9)10)1-13-14-2-4(8)6(11)12;2*1-2-4-5-3-1;2-1(3)4/h4-5H,1-3H2,(H,10,14)(H,11,15);3-4H,1-2H2,(H,9,13)(H,10,14);4-5H,1-3,8-9H2,(H,10,11)(H,12,13);3-4H,1-2,7-8H2,(H,9,10)(H,11,12);2*1-4H2;/t4-,5-;3-,4-;4-,5-;3-,4-;;;/m0000.../s1.